The van der Waals surface area contributed by atoms with Gasteiger partial charge in [-0.3, -0.25) is 9.59 Å². The van der Waals surface area contributed by atoms with E-state index in [1.165, 1.54) is 0 Å². The normalized spacial score (nSPS) is 26.2. The van der Waals surface area contributed by atoms with Crippen molar-refractivity contribution in [2.75, 3.05) is 6.54 Å². The molecule has 2 aromatic rings. The molecule has 2 saturated heterocycles. The Labute approximate surface area is 141 Å². The minimum atomic E-state index is -0.756. The van der Waals surface area contributed by atoms with Crippen molar-refractivity contribution in [2.45, 2.75) is 30.8 Å². The van der Waals surface area contributed by atoms with E-state index in [4.69, 9.17) is 0 Å². The molecule has 122 valence electrons. The number of hydrogen-bond acceptors (Lipinski definition) is 2. The molecule has 2 heterocycles. The average Bonchev–Trinajstić information content (AvgIpc) is 3.12. The van der Waals surface area contributed by atoms with Crippen LogP contribution in [0.2, 0.25) is 0 Å². The summed E-state index contributed by atoms with van der Waals surface area (Å²) >= 11 is 0. The smallest absolute Gasteiger partial charge is 0.246 e. The minimum absolute atomic E-state index is 0.00126. The van der Waals surface area contributed by atoms with Crippen LogP contribution < -0.4 is 5.32 Å². The lowest BCUT2D eigenvalue weighted by Crippen LogP contribution is -2.53. The van der Waals surface area contributed by atoms with E-state index in [0.29, 0.717) is 25.9 Å². The van der Waals surface area contributed by atoms with Gasteiger partial charge in [0.2, 0.25) is 11.8 Å². The van der Waals surface area contributed by atoms with Gasteiger partial charge in [0.15, 0.2) is 0 Å². The molecule has 0 radical (unpaired) electrons. The standard InChI is InChI=1S/C20H20N2O2/c23-18-11-12-20(22(18)14-15-7-3-1-4-8-15)17(13-21-19(20)24)16-9-5-2-6-10-16/h1-10,17H,11-14H2,(H,21,24)/t17-,20+/m0/s1. The number of carbonyl (C=O) groups is 2. The lowest BCUT2D eigenvalue weighted by atomic mass is 9.79. The van der Waals surface area contributed by atoms with E-state index >= 15 is 0 Å². The Balaban J connectivity index is 1.74. The highest BCUT2D eigenvalue weighted by Crippen LogP contribution is 2.45. The molecule has 24 heavy (non-hydrogen) atoms. The fourth-order valence-electron chi connectivity index (χ4n) is 4.14. The zero-order chi connectivity index (χ0) is 16.6. The molecule has 0 saturated carbocycles. The van der Waals surface area contributed by atoms with Gasteiger partial charge in [0, 0.05) is 25.4 Å². The number of rotatable bonds is 3. The van der Waals surface area contributed by atoms with E-state index in [0.717, 1.165) is 11.1 Å². The van der Waals surface area contributed by atoms with Crippen molar-refractivity contribution >= 4 is 11.8 Å². The molecule has 4 heteroatoms. The van der Waals surface area contributed by atoms with Crippen LogP contribution in [0.25, 0.3) is 0 Å². The molecule has 1 spiro atoms. The van der Waals surface area contributed by atoms with Crippen molar-refractivity contribution in [1.82, 2.24) is 10.2 Å². The van der Waals surface area contributed by atoms with Crippen LogP contribution in [0, 0.1) is 0 Å². The summed E-state index contributed by atoms with van der Waals surface area (Å²) in [5.74, 6) is 0.0522. The molecular weight excluding hydrogens is 300 g/mol. The second kappa shape index (κ2) is 5.78. The number of likely N-dealkylation sites (tertiary alicyclic amines) is 1. The summed E-state index contributed by atoms with van der Waals surface area (Å²) in [4.78, 5) is 27.2. The van der Waals surface area contributed by atoms with E-state index in [1.807, 2.05) is 53.4 Å². The molecule has 0 unspecified atom stereocenters. The first-order valence-corrected chi connectivity index (χ1v) is 8.39. The van der Waals surface area contributed by atoms with Crippen molar-refractivity contribution in [3.8, 4) is 0 Å². The van der Waals surface area contributed by atoms with Crippen molar-refractivity contribution in [1.29, 1.82) is 0 Å². The molecule has 2 aliphatic rings. The lowest BCUT2D eigenvalue weighted by Gasteiger charge is -2.37. The number of nitrogens with one attached hydrogen (secondary N) is 1. The number of nitrogens with zero attached hydrogens (tertiary/aromatic N) is 1. The Bertz CT molecular complexity index is 760. The van der Waals surface area contributed by atoms with Gasteiger partial charge < -0.3 is 10.2 Å². The lowest BCUT2D eigenvalue weighted by molar-refractivity contribution is -0.140. The summed E-state index contributed by atoms with van der Waals surface area (Å²) in [7, 11) is 0. The second-order valence-corrected chi connectivity index (χ2v) is 6.56. The first-order chi connectivity index (χ1) is 11.7. The van der Waals surface area contributed by atoms with Crippen molar-refractivity contribution in [2.24, 2.45) is 0 Å². The third-order valence-corrected chi connectivity index (χ3v) is 5.32. The minimum Gasteiger partial charge on any atom is -0.353 e. The van der Waals surface area contributed by atoms with E-state index in [1.54, 1.807) is 0 Å². The fourth-order valence-corrected chi connectivity index (χ4v) is 4.14. The Morgan fingerprint density at radius 1 is 1.00 bits per heavy atom. The first kappa shape index (κ1) is 14.9. The van der Waals surface area contributed by atoms with Gasteiger partial charge in [0.25, 0.3) is 0 Å². The molecular formula is C20H20N2O2. The van der Waals surface area contributed by atoms with E-state index in [2.05, 4.69) is 17.4 Å². The van der Waals surface area contributed by atoms with Crippen LogP contribution in [-0.2, 0) is 16.1 Å². The van der Waals surface area contributed by atoms with Gasteiger partial charge in [0.1, 0.15) is 5.54 Å². The van der Waals surface area contributed by atoms with Crippen molar-refractivity contribution < 1.29 is 9.59 Å². The predicted octanol–water partition coefficient (Wildman–Crippen LogP) is 2.46. The van der Waals surface area contributed by atoms with Crippen LogP contribution in [0.1, 0.15) is 29.9 Å². The summed E-state index contributed by atoms with van der Waals surface area (Å²) in [5.41, 5.74) is 1.41. The fraction of sp³-hybridized carbons (Fsp3) is 0.300. The molecule has 2 aromatic carbocycles. The highest BCUT2D eigenvalue weighted by molar-refractivity contribution is 5.97. The number of carbonyl (C=O) groups excluding carboxylic acids is 2. The molecule has 4 rings (SSSR count). The molecule has 2 fully saturated rings. The largest absolute Gasteiger partial charge is 0.353 e. The van der Waals surface area contributed by atoms with Crippen LogP contribution in [0.5, 0.6) is 0 Å². The van der Waals surface area contributed by atoms with Gasteiger partial charge in [0.05, 0.1) is 0 Å². The van der Waals surface area contributed by atoms with E-state index in [9.17, 15) is 9.59 Å². The van der Waals surface area contributed by atoms with Gasteiger partial charge in [-0.15, -0.1) is 0 Å². The Hall–Kier alpha value is -2.62. The quantitative estimate of drug-likeness (QED) is 0.944. The topological polar surface area (TPSA) is 49.4 Å². The second-order valence-electron chi connectivity index (χ2n) is 6.56. The zero-order valence-electron chi connectivity index (χ0n) is 13.4. The monoisotopic (exact) mass is 320 g/mol. The molecule has 0 aromatic heterocycles. The summed E-state index contributed by atoms with van der Waals surface area (Å²) in [6.07, 6.45) is 1.02. The molecule has 1 N–H and O–H groups in total. The predicted molar refractivity (Wildman–Crippen MR) is 91.1 cm³/mol. The van der Waals surface area contributed by atoms with Gasteiger partial charge in [-0.25, -0.2) is 0 Å². The van der Waals surface area contributed by atoms with Gasteiger partial charge in [-0.2, -0.15) is 0 Å². The van der Waals surface area contributed by atoms with Crippen molar-refractivity contribution in [3.63, 3.8) is 0 Å². The van der Waals surface area contributed by atoms with Gasteiger partial charge in [-0.1, -0.05) is 60.7 Å². The summed E-state index contributed by atoms with van der Waals surface area (Å²) in [6, 6.07) is 20.0. The van der Waals surface area contributed by atoms with Crippen LogP contribution in [0.3, 0.4) is 0 Å². The Morgan fingerprint density at radius 3 is 2.38 bits per heavy atom. The van der Waals surface area contributed by atoms with E-state index in [-0.39, 0.29) is 17.7 Å². The first-order valence-electron chi connectivity index (χ1n) is 8.39. The van der Waals surface area contributed by atoms with Gasteiger partial charge >= 0.3 is 0 Å². The molecule has 0 bridgehead atoms. The number of benzene rings is 2. The maximum atomic E-state index is 12.8. The third-order valence-electron chi connectivity index (χ3n) is 5.32. The highest BCUT2D eigenvalue weighted by Gasteiger charge is 2.59. The summed E-state index contributed by atoms with van der Waals surface area (Å²) < 4.78 is 0. The van der Waals surface area contributed by atoms with Crippen LogP contribution in [-0.4, -0.2) is 28.8 Å². The molecule has 2 amide bonds. The van der Waals surface area contributed by atoms with Crippen molar-refractivity contribution in [3.05, 3.63) is 71.8 Å². The van der Waals surface area contributed by atoms with E-state index < -0.39 is 5.54 Å². The Morgan fingerprint density at radius 2 is 1.67 bits per heavy atom. The molecule has 0 aliphatic carbocycles. The zero-order valence-corrected chi connectivity index (χ0v) is 13.4. The van der Waals surface area contributed by atoms with Crippen LogP contribution in [0.4, 0.5) is 0 Å². The average molecular weight is 320 g/mol. The summed E-state index contributed by atoms with van der Waals surface area (Å²) in [5, 5.41) is 3.00. The van der Waals surface area contributed by atoms with Crippen LogP contribution in [0.15, 0.2) is 60.7 Å². The maximum Gasteiger partial charge on any atom is 0.246 e. The van der Waals surface area contributed by atoms with Crippen LogP contribution >= 0.6 is 0 Å². The Kier molecular flexibility index (Phi) is 3.60. The molecule has 2 atom stereocenters. The van der Waals surface area contributed by atoms with Gasteiger partial charge in [-0.05, 0) is 17.5 Å². The third kappa shape index (κ3) is 2.21. The SMILES string of the molecule is O=C1CC[C@@]2(C(=O)NC[C@H]2c2ccccc2)N1Cc1ccccc1. The maximum absolute atomic E-state index is 12.8. The number of amides is 2. The number of hydrogen-bond donors (Lipinski definition) is 1. The molecule has 2 aliphatic heterocycles. The highest BCUT2D eigenvalue weighted by atomic mass is 16.2. The molecule has 4 nitrogen and oxygen atoms in total. The summed E-state index contributed by atoms with van der Waals surface area (Å²) in [6.45, 7) is 1.07.